The van der Waals surface area contributed by atoms with Gasteiger partial charge in [-0.2, -0.15) is 5.26 Å². The van der Waals surface area contributed by atoms with Crippen molar-refractivity contribution in [2.24, 2.45) is 11.8 Å². The van der Waals surface area contributed by atoms with Gasteiger partial charge >= 0.3 is 5.97 Å². The first-order valence-electron chi connectivity index (χ1n) is 5.88. The molecule has 0 saturated heterocycles. The lowest BCUT2D eigenvalue weighted by Gasteiger charge is -2.30. The van der Waals surface area contributed by atoms with Crippen molar-refractivity contribution >= 4 is 14.3 Å². The Morgan fingerprint density at radius 1 is 1.35 bits per heavy atom. The van der Waals surface area contributed by atoms with Crippen LogP contribution < -0.4 is 0 Å². The van der Waals surface area contributed by atoms with Crippen molar-refractivity contribution in [2.45, 2.75) is 46.5 Å². The summed E-state index contributed by atoms with van der Waals surface area (Å²) in [5.74, 6) is -0.410. The van der Waals surface area contributed by atoms with Crippen molar-refractivity contribution in [1.82, 2.24) is 0 Å². The lowest BCUT2D eigenvalue weighted by Crippen LogP contribution is -2.40. The van der Waals surface area contributed by atoms with Gasteiger partial charge in [0.15, 0.2) is 8.32 Å². The molecule has 0 amide bonds. The van der Waals surface area contributed by atoms with Crippen LogP contribution in [0.5, 0.6) is 0 Å². The Bertz CT molecular complexity index is 291. The molecule has 4 nitrogen and oxygen atoms in total. The Kier molecular flexibility index (Phi) is 6.43. The van der Waals surface area contributed by atoms with Gasteiger partial charge in [-0.15, -0.1) is 0 Å². The van der Waals surface area contributed by atoms with Gasteiger partial charge in [0.2, 0.25) is 0 Å². The molecule has 0 radical (unpaired) electrons. The fourth-order valence-corrected chi connectivity index (χ4v) is 2.65. The average molecular weight is 257 g/mol. The minimum Gasteiger partial charge on any atom is -0.463 e. The average Bonchev–Trinajstić information content (AvgIpc) is 2.12. The Labute approximate surface area is 105 Å². The number of carbonyl (C=O) groups is 1. The van der Waals surface area contributed by atoms with Crippen molar-refractivity contribution in [3.8, 4) is 6.07 Å². The van der Waals surface area contributed by atoms with E-state index in [0.717, 1.165) is 0 Å². The van der Waals surface area contributed by atoms with E-state index < -0.39 is 8.32 Å². The van der Waals surface area contributed by atoms with Crippen LogP contribution in [0.1, 0.15) is 20.8 Å². The van der Waals surface area contributed by atoms with Crippen molar-refractivity contribution in [1.29, 1.82) is 5.26 Å². The lowest BCUT2D eigenvalue weighted by atomic mass is 9.92. The van der Waals surface area contributed by atoms with Gasteiger partial charge in [0.05, 0.1) is 18.1 Å². The number of hydrogen-bond donors (Lipinski definition) is 0. The normalized spacial score (nSPS) is 15.2. The molecule has 0 heterocycles. The third kappa shape index (κ3) is 7.13. The molecule has 0 aromatic heterocycles. The van der Waals surface area contributed by atoms with Gasteiger partial charge in [0.25, 0.3) is 0 Å². The summed E-state index contributed by atoms with van der Waals surface area (Å²) in [6.45, 7) is 11.6. The molecule has 5 heteroatoms. The highest BCUT2D eigenvalue weighted by molar-refractivity contribution is 6.69. The smallest absolute Gasteiger partial charge is 0.302 e. The molecule has 17 heavy (non-hydrogen) atoms. The van der Waals surface area contributed by atoms with Gasteiger partial charge in [-0.1, -0.05) is 13.8 Å². The molecule has 0 aromatic carbocycles. The van der Waals surface area contributed by atoms with Crippen LogP contribution in [0.2, 0.25) is 19.6 Å². The highest BCUT2D eigenvalue weighted by atomic mass is 28.4. The monoisotopic (exact) mass is 257 g/mol. The largest absolute Gasteiger partial charge is 0.463 e. The third-order valence-electron chi connectivity index (χ3n) is 2.22. The van der Waals surface area contributed by atoms with E-state index in [2.05, 4.69) is 25.7 Å². The van der Waals surface area contributed by atoms with E-state index in [1.54, 1.807) is 0 Å². The zero-order valence-electron chi connectivity index (χ0n) is 11.6. The number of ether oxygens (including phenoxy) is 1. The van der Waals surface area contributed by atoms with E-state index in [0.29, 0.717) is 0 Å². The zero-order valence-corrected chi connectivity index (χ0v) is 12.6. The fourth-order valence-electron chi connectivity index (χ4n) is 1.53. The Balaban J connectivity index is 4.71. The van der Waals surface area contributed by atoms with Crippen LogP contribution in [0.25, 0.3) is 0 Å². The predicted molar refractivity (Wildman–Crippen MR) is 68.8 cm³/mol. The summed E-state index contributed by atoms with van der Waals surface area (Å²) in [5, 5.41) is 9.17. The molecule has 0 unspecified atom stereocenters. The van der Waals surface area contributed by atoms with Crippen LogP contribution in [-0.4, -0.2) is 27.0 Å². The number of hydrogen-bond acceptors (Lipinski definition) is 4. The van der Waals surface area contributed by atoms with Crippen molar-refractivity contribution in [2.75, 3.05) is 6.61 Å². The van der Waals surface area contributed by atoms with Gasteiger partial charge in [-0.25, -0.2) is 0 Å². The maximum Gasteiger partial charge on any atom is 0.302 e. The maximum atomic E-state index is 10.8. The summed E-state index contributed by atoms with van der Waals surface area (Å²) >= 11 is 0. The standard InChI is InChI=1S/C12H23NO3Si/c1-9(2)11(7-13)12(8-15-10(3)14)16-17(4,5)6/h9,11-12H,8H2,1-6H3/t11-,12+/m1/s1. The minimum absolute atomic E-state index is 0.163. The molecule has 0 aliphatic rings. The summed E-state index contributed by atoms with van der Waals surface area (Å²) in [6, 6.07) is 2.25. The number of nitrogens with zero attached hydrogens (tertiary/aromatic N) is 1. The molecule has 0 saturated carbocycles. The first-order chi connectivity index (χ1) is 7.67. The number of rotatable bonds is 6. The number of carbonyl (C=O) groups excluding carboxylic acids is 1. The molecular formula is C12H23NO3Si. The van der Waals surface area contributed by atoms with Gasteiger partial charge in [-0.3, -0.25) is 4.79 Å². The molecular weight excluding hydrogens is 234 g/mol. The molecule has 0 fully saturated rings. The van der Waals surface area contributed by atoms with E-state index in [1.165, 1.54) is 6.92 Å². The van der Waals surface area contributed by atoms with E-state index in [9.17, 15) is 10.1 Å². The van der Waals surface area contributed by atoms with Crippen LogP contribution in [0.4, 0.5) is 0 Å². The summed E-state index contributed by atoms with van der Waals surface area (Å²) in [7, 11) is -1.76. The van der Waals surface area contributed by atoms with Gasteiger partial charge in [0, 0.05) is 6.92 Å². The fraction of sp³-hybridized carbons (Fsp3) is 0.833. The van der Waals surface area contributed by atoms with Gasteiger partial charge in [0.1, 0.15) is 6.61 Å². The highest BCUT2D eigenvalue weighted by Crippen LogP contribution is 2.21. The molecule has 0 bridgehead atoms. The van der Waals surface area contributed by atoms with Crippen LogP contribution in [0, 0.1) is 23.2 Å². The first-order valence-corrected chi connectivity index (χ1v) is 9.29. The van der Waals surface area contributed by atoms with E-state index in [1.807, 2.05) is 13.8 Å². The van der Waals surface area contributed by atoms with Crippen LogP contribution in [0.15, 0.2) is 0 Å². The molecule has 98 valence electrons. The topological polar surface area (TPSA) is 59.3 Å². The van der Waals surface area contributed by atoms with E-state index >= 15 is 0 Å². The van der Waals surface area contributed by atoms with Crippen LogP contribution >= 0.6 is 0 Å². The van der Waals surface area contributed by atoms with Gasteiger partial charge < -0.3 is 9.16 Å². The minimum atomic E-state index is -1.76. The quantitative estimate of drug-likeness (QED) is 0.542. The third-order valence-corrected chi connectivity index (χ3v) is 3.23. The van der Waals surface area contributed by atoms with Crippen molar-refractivity contribution in [3.63, 3.8) is 0 Å². The summed E-state index contributed by atoms with van der Waals surface area (Å²) in [5.41, 5.74) is 0. The molecule has 2 atom stereocenters. The van der Waals surface area contributed by atoms with Crippen LogP contribution in [-0.2, 0) is 14.0 Å². The second-order valence-electron chi connectivity index (χ2n) is 5.47. The first kappa shape index (κ1) is 16.1. The molecule has 0 aromatic rings. The number of esters is 1. The highest BCUT2D eigenvalue weighted by Gasteiger charge is 2.30. The van der Waals surface area contributed by atoms with Crippen molar-refractivity contribution < 1.29 is 14.0 Å². The summed E-state index contributed by atoms with van der Waals surface area (Å²) in [6.07, 6.45) is -0.324. The van der Waals surface area contributed by atoms with E-state index in [4.69, 9.17) is 9.16 Å². The molecule has 0 rings (SSSR count). The molecule has 0 aliphatic heterocycles. The zero-order chi connectivity index (χ0) is 13.6. The Morgan fingerprint density at radius 3 is 2.18 bits per heavy atom. The second kappa shape index (κ2) is 6.77. The van der Waals surface area contributed by atoms with Crippen molar-refractivity contribution in [3.05, 3.63) is 0 Å². The molecule has 0 aliphatic carbocycles. The SMILES string of the molecule is CC(=O)OC[C@H](O[Si](C)(C)C)[C@H](C#N)C(C)C. The Hall–Kier alpha value is -0.863. The maximum absolute atomic E-state index is 10.8. The Morgan fingerprint density at radius 2 is 1.88 bits per heavy atom. The van der Waals surface area contributed by atoms with E-state index in [-0.39, 0.29) is 30.5 Å². The summed E-state index contributed by atoms with van der Waals surface area (Å²) in [4.78, 5) is 10.8. The molecule has 0 spiro atoms. The van der Waals surface area contributed by atoms with Crippen LogP contribution in [0.3, 0.4) is 0 Å². The van der Waals surface area contributed by atoms with Gasteiger partial charge in [-0.05, 0) is 25.6 Å². The lowest BCUT2D eigenvalue weighted by molar-refractivity contribution is -0.144. The predicted octanol–water partition coefficient (Wildman–Crippen LogP) is 2.57. The number of nitriles is 1. The molecule has 0 N–H and O–H groups in total. The second-order valence-corrected chi connectivity index (χ2v) is 9.93. The summed E-state index contributed by atoms with van der Waals surface area (Å²) < 4.78 is 10.9.